The maximum Gasteiger partial charge on any atom is 0.266 e. The zero-order valence-corrected chi connectivity index (χ0v) is 16.6. The highest BCUT2D eigenvalue weighted by atomic mass is 19.1. The Bertz CT molecular complexity index is 1180. The maximum atomic E-state index is 14.4. The number of guanidine groups is 1. The van der Waals surface area contributed by atoms with Crippen molar-refractivity contribution in [1.82, 2.24) is 9.88 Å². The monoisotopic (exact) mass is 406 g/mol. The van der Waals surface area contributed by atoms with Gasteiger partial charge in [0.2, 0.25) is 0 Å². The van der Waals surface area contributed by atoms with E-state index in [2.05, 4.69) is 9.98 Å². The van der Waals surface area contributed by atoms with Gasteiger partial charge in [0.1, 0.15) is 11.6 Å². The number of aliphatic imine (C=N–C) groups is 1. The van der Waals surface area contributed by atoms with Crippen LogP contribution in [0.4, 0.5) is 8.78 Å². The zero-order chi connectivity index (χ0) is 21.5. The third-order valence-electron chi connectivity index (χ3n) is 5.36. The summed E-state index contributed by atoms with van der Waals surface area (Å²) in [6, 6.07) is 13.6. The lowest BCUT2D eigenvalue weighted by Crippen LogP contribution is -2.41. The molecule has 0 saturated heterocycles. The van der Waals surface area contributed by atoms with Gasteiger partial charge in [-0.2, -0.15) is 0 Å². The van der Waals surface area contributed by atoms with Crippen LogP contribution in [-0.2, 0) is 16.8 Å². The Morgan fingerprint density at radius 2 is 1.83 bits per heavy atom. The molecule has 1 unspecified atom stereocenters. The van der Waals surface area contributed by atoms with Crippen molar-refractivity contribution in [2.75, 3.05) is 7.05 Å². The molecule has 1 amide bonds. The van der Waals surface area contributed by atoms with Crippen LogP contribution in [0.15, 0.2) is 65.8 Å². The molecule has 1 aliphatic rings. The molecule has 5 nitrogen and oxygen atoms in total. The number of nitrogens with zero attached hydrogens (tertiary/aromatic N) is 3. The standard InChI is InChI=1S/C23H20F2N4O/c1-3-18-12-16(9-10-27-18)23(21(30)29(2)22(26)28-23)15-6-4-5-14(11-15)19-13-17(24)7-8-20(19)25/h4-13H,3H2,1-2H3,(H2,26,28). The Morgan fingerprint density at radius 3 is 2.53 bits per heavy atom. The Kier molecular flexibility index (Phi) is 4.81. The van der Waals surface area contributed by atoms with Gasteiger partial charge in [0.15, 0.2) is 11.5 Å². The molecule has 30 heavy (non-hydrogen) atoms. The van der Waals surface area contributed by atoms with E-state index in [-0.39, 0.29) is 17.4 Å². The summed E-state index contributed by atoms with van der Waals surface area (Å²) < 4.78 is 28.1. The number of halogens is 2. The first-order valence-corrected chi connectivity index (χ1v) is 9.51. The second kappa shape index (κ2) is 7.33. The molecular weight excluding hydrogens is 386 g/mol. The van der Waals surface area contributed by atoms with Gasteiger partial charge in [-0.05, 0) is 59.5 Å². The molecule has 0 saturated carbocycles. The van der Waals surface area contributed by atoms with Crippen molar-refractivity contribution in [1.29, 1.82) is 0 Å². The summed E-state index contributed by atoms with van der Waals surface area (Å²) in [6.45, 7) is 1.96. The second-order valence-corrected chi connectivity index (χ2v) is 7.14. The summed E-state index contributed by atoms with van der Waals surface area (Å²) in [5.41, 5.74) is 7.05. The van der Waals surface area contributed by atoms with Gasteiger partial charge in [0, 0.05) is 24.5 Å². The van der Waals surface area contributed by atoms with Crippen LogP contribution in [0.2, 0.25) is 0 Å². The van der Waals surface area contributed by atoms with Crippen molar-refractivity contribution in [3.05, 3.63) is 89.2 Å². The van der Waals surface area contributed by atoms with Gasteiger partial charge in [0.05, 0.1) is 0 Å². The molecule has 0 radical (unpaired) electrons. The number of aryl methyl sites for hydroxylation is 1. The molecule has 0 fully saturated rings. The van der Waals surface area contributed by atoms with E-state index in [1.165, 1.54) is 4.90 Å². The molecule has 1 atom stereocenters. The number of nitrogens with two attached hydrogens (primary N) is 1. The Labute approximate surface area is 172 Å². The SMILES string of the molecule is CCc1cc(C2(c3cccc(-c4cc(F)ccc4F)c3)N=C(N)N(C)C2=O)ccn1. The fraction of sp³-hybridized carbons (Fsp3) is 0.174. The van der Waals surface area contributed by atoms with Crippen molar-refractivity contribution in [2.24, 2.45) is 10.7 Å². The average Bonchev–Trinajstić information content (AvgIpc) is 3.00. The first-order valence-electron chi connectivity index (χ1n) is 9.51. The third kappa shape index (κ3) is 3.03. The van der Waals surface area contributed by atoms with Crippen molar-refractivity contribution < 1.29 is 13.6 Å². The number of amides is 1. The number of pyridine rings is 1. The average molecular weight is 406 g/mol. The Balaban J connectivity index is 1.96. The lowest BCUT2D eigenvalue weighted by molar-refractivity contribution is -0.129. The smallest absolute Gasteiger partial charge is 0.266 e. The molecule has 2 aromatic carbocycles. The molecule has 0 spiro atoms. The summed E-state index contributed by atoms with van der Waals surface area (Å²) >= 11 is 0. The normalized spacial score (nSPS) is 18.6. The predicted octanol–water partition coefficient (Wildman–Crippen LogP) is 3.62. The molecule has 1 aromatic heterocycles. The van der Waals surface area contributed by atoms with Gasteiger partial charge in [-0.15, -0.1) is 0 Å². The van der Waals surface area contributed by atoms with Gasteiger partial charge in [-0.3, -0.25) is 14.7 Å². The largest absolute Gasteiger partial charge is 0.369 e. The van der Waals surface area contributed by atoms with Crippen LogP contribution in [-0.4, -0.2) is 28.8 Å². The van der Waals surface area contributed by atoms with E-state index in [1.807, 2.05) is 13.0 Å². The van der Waals surface area contributed by atoms with Crippen LogP contribution in [0.1, 0.15) is 23.7 Å². The number of hydrogen-bond acceptors (Lipinski definition) is 4. The topological polar surface area (TPSA) is 71.6 Å². The highest BCUT2D eigenvalue weighted by molar-refractivity contribution is 6.09. The molecule has 2 heterocycles. The highest BCUT2D eigenvalue weighted by Crippen LogP contribution is 2.40. The minimum absolute atomic E-state index is 0.0807. The molecule has 7 heteroatoms. The van der Waals surface area contributed by atoms with E-state index >= 15 is 0 Å². The number of carbonyl (C=O) groups is 1. The molecule has 152 valence electrons. The lowest BCUT2D eigenvalue weighted by Gasteiger charge is -2.27. The first-order chi connectivity index (χ1) is 14.4. The second-order valence-electron chi connectivity index (χ2n) is 7.14. The minimum Gasteiger partial charge on any atom is -0.369 e. The summed E-state index contributed by atoms with van der Waals surface area (Å²) in [6.07, 6.45) is 2.31. The Morgan fingerprint density at radius 1 is 1.07 bits per heavy atom. The fourth-order valence-electron chi connectivity index (χ4n) is 3.71. The maximum absolute atomic E-state index is 14.4. The number of hydrogen-bond donors (Lipinski definition) is 1. The van der Waals surface area contributed by atoms with Gasteiger partial charge in [-0.25, -0.2) is 13.8 Å². The zero-order valence-electron chi connectivity index (χ0n) is 16.6. The number of carbonyl (C=O) groups excluding carboxylic acids is 1. The lowest BCUT2D eigenvalue weighted by atomic mass is 9.81. The number of likely N-dealkylation sites (N-methyl/N-ethyl adjacent to an activating group) is 1. The van der Waals surface area contributed by atoms with Crippen LogP contribution in [0.3, 0.4) is 0 Å². The number of rotatable bonds is 4. The number of benzene rings is 2. The Hall–Kier alpha value is -3.61. The van der Waals surface area contributed by atoms with Gasteiger partial charge < -0.3 is 5.73 Å². The van der Waals surface area contributed by atoms with E-state index in [0.29, 0.717) is 23.1 Å². The van der Waals surface area contributed by atoms with Crippen molar-refractivity contribution >= 4 is 11.9 Å². The molecule has 0 bridgehead atoms. The molecule has 2 N–H and O–H groups in total. The summed E-state index contributed by atoms with van der Waals surface area (Å²) in [5.74, 6) is -1.35. The van der Waals surface area contributed by atoms with E-state index in [0.717, 1.165) is 23.9 Å². The van der Waals surface area contributed by atoms with Crippen LogP contribution in [0, 0.1) is 11.6 Å². The summed E-state index contributed by atoms with van der Waals surface area (Å²) in [7, 11) is 1.56. The van der Waals surface area contributed by atoms with Crippen LogP contribution < -0.4 is 5.73 Å². The molecular formula is C23H20F2N4O. The first kappa shape index (κ1) is 19.7. The summed E-state index contributed by atoms with van der Waals surface area (Å²) in [5, 5.41) is 0. The predicted molar refractivity (Wildman–Crippen MR) is 111 cm³/mol. The van der Waals surface area contributed by atoms with Gasteiger partial charge in [0.25, 0.3) is 5.91 Å². The quantitative estimate of drug-likeness (QED) is 0.719. The van der Waals surface area contributed by atoms with E-state index in [4.69, 9.17) is 5.73 Å². The molecule has 4 rings (SSSR count). The van der Waals surface area contributed by atoms with Gasteiger partial charge in [-0.1, -0.05) is 25.1 Å². The van der Waals surface area contributed by atoms with Crippen molar-refractivity contribution in [2.45, 2.75) is 18.9 Å². The van der Waals surface area contributed by atoms with Crippen LogP contribution >= 0.6 is 0 Å². The van der Waals surface area contributed by atoms with Crippen molar-refractivity contribution in [3.63, 3.8) is 0 Å². The minimum atomic E-state index is -1.43. The van der Waals surface area contributed by atoms with Crippen molar-refractivity contribution in [3.8, 4) is 11.1 Å². The summed E-state index contributed by atoms with van der Waals surface area (Å²) in [4.78, 5) is 23.5. The molecule has 1 aliphatic heterocycles. The number of aromatic nitrogens is 1. The van der Waals surface area contributed by atoms with Crippen LogP contribution in [0.25, 0.3) is 11.1 Å². The van der Waals surface area contributed by atoms with E-state index in [9.17, 15) is 13.6 Å². The fourth-order valence-corrected chi connectivity index (χ4v) is 3.71. The van der Waals surface area contributed by atoms with Gasteiger partial charge >= 0.3 is 0 Å². The molecule has 0 aliphatic carbocycles. The highest BCUT2D eigenvalue weighted by Gasteiger charge is 2.49. The van der Waals surface area contributed by atoms with E-state index in [1.54, 1.807) is 43.6 Å². The van der Waals surface area contributed by atoms with Crippen LogP contribution in [0.5, 0.6) is 0 Å². The molecule has 3 aromatic rings. The third-order valence-corrected chi connectivity index (χ3v) is 5.36. The van der Waals surface area contributed by atoms with E-state index < -0.39 is 17.2 Å².